The van der Waals surface area contributed by atoms with Crippen molar-refractivity contribution < 1.29 is 9.53 Å². The summed E-state index contributed by atoms with van der Waals surface area (Å²) in [6, 6.07) is 0. The first-order valence-electron chi connectivity index (χ1n) is 4.23. The van der Waals surface area contributed by atoms with E-state index in [1.54, 1.807) is 6.92 Å². The summed E-state index contributed by atoms with van der Waals surface area (Å²) in [5, 5.41) is 3.19. The molecule has 1 aliphatic heterocycles. The van der Waals surface area contributed by atoms with Crippen LogP contribution in [0, 0.1) is 5.92 Å². The average Bonchev–Trinajstić information content (AvgIpc) is 2.00. The van der Waals surface area contributed by atoms with Gasteiger partial charge >= 0.3 is 0 Å². The molecule has 0 atom stereocenters. The van der Waals surface area contributed by atoms with Crippen LogP contribution in [0.3, 0.4) is 0 Å². The van der Waals surface area contributed by atoms with Gasteiger partial charge in [-0.3, -0.25) is 4.79 Å². The molecule has 0 aliphatic carbocycles. The molecule has 0 amide bonds. The maximum Gasteiger partial charge on any atom is 0.293 e. The average molecular weight is 171 g/mol. The molecule has 1 heterocycles. The fourth-order valence-corrected chi connectivity index (χ4v) is 0.787. The molecule has 0 bridgehead atoms. The van der Waals surface area contributed by atoms with Crippen molar-refractivity contribution in [3.8, 4) is 0 Å². The Morgan fingerprint density at radius 1 is 1.58 bits per heavy atom. The second kappa shape index (κ2) is 8.27. The van der Waals surface area contributed by atoms with Gasteiger partial charge in [-0.15, -0.1) is 0 Å². The first-order chi connectivity index (χ1) is 5.85. The van der Waals surface area contributed by atoms with Crippen LogP contribution in [-0.4, -0.2) is 26.2 Å². The predicted octanol–water partition coefficient (Wildman–Crippen LogP) is 0.961. The van der Waals surface area contributed by atoms with Crippen LogP contribution in [-0.2, 0) is 9.53 Å². The minimum absolute atomic E-state index is 0.431. The molecule has 1 fully saturated rings. The third-order valence-corrected chi connectivity index (χ3v) is 1.51. The highest BCUT2D eigenvalue weighted by molar-refractivity contribution is 5.36. The lowest BCUT2D eigenvalue weighted by Crippen LogP contribution is -2.40. The molecule has 0 spiro atoms. The second-order valence-corrected chi connectivity index (χ2v) is 2.50. The van der Waals surface area contributed by atoms with Gasteiger partial charge in [0.15, 0.2) is 0 Å². The molecule has 12 heavy (non-hydrogen) atoms. The monoisotopic (exact) mass is 171 g/mol. The number of allylic oxidation sites excluding steroid dienone is 1. The van der Waals surface area contributed by atoms with Gasteiger partial charge in [-0.25, -0.2) is 0 Å². The Bertz CT molecular complexity index is 130. The Kier molecular flexibility index (Phi) is 7.70. The van der Waals surface area contributed by atoms with Crippen molar-refractivity contribution in [2.75, 3.05) is 19.7 Å². The molecule has 0 unspecified atom stereocenters. The summed E-state index contributed by atoms with van der Waals surface area (Å²) in [6.07, 6.45) is 4.36. The number of hydrogen-bond donors (Lipinski definition) is 1. The number of carbonyl (C=O) groups excluding carboxylic acids is 1. The van der Waals surface area contributed by atoms with Crippen LogP contribution in [0.4, 0.5) is 0 Å². The van der Waals surface area contributed by atoms with E-state index in [9.17, 15) is 4.79 Å². The van der Waals surface area contributed by atoms with Crippen LogP contribution in [0.2, 0.25) is 0 Å². The van der Waals surface area contributed by atoms with Crippen molar-refractivity contribution in [2.45, 2.75) is 13.8 Å². The molecule has 3 heteroatoms. The van der Waals surface area contributed by atoms with Gasteiger partial charge in [-0.2, -0.15) is 0 Å². The summed E-state index contributed by atoms with van der Waals surface area (Å²) < 4.78 is 4.15. The number of ether oxygens (including phenoxy) is 1. The van der Waals surface area contributed by atoms with Crippen LogP contribution in [0.1, 0.15) is 13.8 Å². The largest absolute Gasteiger partial charge is 0.468 e. The molecule has 0 radical (unpaired) electrons. The lowest BCUT2D eigenvalue weighted by Gasteiger charge is -2.23. The normalized spacial score (nSPS) is 16.2. The molecule has 1 aliphatic rings. The van der Waals surface area contributed by atoms with Crippen molar-refractivity contribution in [3.05, 3.63) is 12.2 Å². The van der Waals surface area contributed by atoms with Gasteiger partial charge in [-0.1, -0.05) is 12.2 Å². The van der Waals surface area contributed by atoms with Crippen molar-refractivity contribution in [1.82, 2.24) is 5.32 Å². The van der Waals surface area contributed by atoms with Crippen molar-refractivity contribution in [1.29, 1.82) is 0 Å². The molecule has 0 saturated carbocycles. The van der Waals surface area contributed by atoms with E-state index in [0.717, 1.165) is 5.92 Å². The zero-order valence-corrected chi connectivity index (χ0v) is 7.75. The SMILES string of the molecule is C/C=C/C1CNC1.CCOC=O. The summed E-state index contributed by atoms with van der Waals surface area (Å²) in [4.78, 5) is 9.18. The molecule has 3 nitrogen and oxygen atoms in total. The third-order valence-electron chi connectivity index (χ3n) is 1.51. The van der Waals surface area contributed by atoms with Gasteiger partial charge in [0.25, 0.3) is 6.47 Å². The zero-order chi connectivity index (χ0) is 9.23. The first-order valence-corrected chi connectivity index (χ1v) is 4.23. The summed E-state index contributed by atoms with van der Waals surface area (Å²) in [6.45, 7) is 7.10. The molecule has 0 aromatic heterocycles. The molecule has 70 valence electrons. The Balaban J connectivity index is 0.000000217. The van der Waals surface area contributed by atoms with Crippen molar-refractivity contribution in [2.24, 2.45) is 5.92 Å². The van der Waals surface area contributed by atoms with Crippen LogP contribution < -0.4 is 5.32 Å². The highest BCUT2D eigenvalue weighted by Gasteiger charge is 2.10. The van der Waals surface area contributed by atoms with E-state index in [-0.39, 0.29) is 0 Å². The maximum absolute atomic E-state index is 9.18. The quantitative estimate of drug-likeness (QED) is 0.508. The van der Waals surface area contributed by atoms with Gasteiger partial charge in [0.1, 0.15) is 0 Å². The van der Waals surface area contributed by atoms with Gasteiger partial charge in [0, 0.05) is 19.0 Å². The summed E-state index contributed by atoms with van der Waals surface area (Å²) in [7, 11) is 0. The third kappa shape index (κ3) is 5.92. The van der Waals surface area contributed by atoms with Crippen LogP contribution >= 0.6 is 0 Å². The lowest BCUT2D eigenvalue weighted by atomic mass is 10.0. The van der Waals surface area contributed by atoms with E-state index in [1.807, 2.05) is 0 Å². The Morgan fingerprint density at radius 3 is 2.33 bits per heavy atom. The molecule has 1 rings (SSSR count). The molecule has 0 aromatic carbocycles. The van der Waals surface area contributed by atoms with Crippen molar-refractivity contribution >= 4 is 6.47 Å². The van der Waals surface area contributed by atoms with Gasteiger partial charge in [0.2, 0.25) is 0 Å². The first kappa shape index (κ1) is 11.2. The second-order valence-electron chi connectivity index (χ2n) is 2.50. The number of hydrogen-bond acceptors (Lipinski definition) is 3. The smallest absolute Gasteiger partial charge is 0.293 e. The Labute approximate surface area is 73.8 Å². The summed E-state index contributed by atoms with van der Waals surface area (Å²) in [5.41, 5.74) is 0. The number of rotatable bonds is 3. The van der Waals surface area contributed by atoms with Gasteiger partial charge in [-0.05, 0) is 13.8 Å². The zero-order valence-electron chi connectivity index (χ0n) is 7.75. The molecule has 1 N–H and O–H groups in total. The van der Waals surface area contributed by atoms with Crippen LogP contribution in [0.15, 0.2) is 12.2 Å². The summed E-state index contributed by atoms with van der Waals surface area (Å²) in [5.74, 6) is 0.838. The highest BCUT2D eigenvalue weighted by atomic mass is 16.5. The molecular formula is C9H17NO2. The van der Waals surface area contributed by atoms with E-state index < -0.39 is 0 Å². The minimum Gasteiger partial charge on any atom is -0.468 e. The molecule has 0 aromatic rings. The number of carbonyl (C=O) groups is 1. The highest BCUT2D eigenvalue weighted by Crippen LogP contribution is 2.02. The Hall–Kier alpha value is -0.830. The van der Waals surface area contributed by atoms with Gasteiger partial charge in [0.05, 0.1) is 6.61 Å². The maximum atomic E-state index is 9.18. The minimum atomic E-state index is 0.431. The van der Waals surface area contributed by atoms with Crippen LogP contribution in [0.25, 0.3) is 0 Å². The fraction of sp³-hybridized carbons (Fsp3) is 0.667. The summed E-state index contributed by atoms with van der Waals surface area (Å²) >= 11 is 0. The number of nitrogens with one attached hydrogen (secondary N) is 1. The van der Waals surface area contributed by atoms with E-state index in [1.165, 1.54) is 13.1 Å². The molecular weight excluding hydrogens is 154 g/mol. The fourth-order valence-electron chi connectivity index (χ4n) is 0.787. The lowest BCUT2D eigenvalue weighted by molar-refractivity contribution is -0.128. The topological polar surface area (TPSA) is 38.3 Å². The van der Waals surface area contributed by atoms with E-state index in [0.29, 0.717) is 13.1 Å². The predicted molar refractivity (Wildman–Crippen MR) is 48.9 cm³/mol. The Morgan fingerprint density at radius 2 is 2.25 bits per heavy atom. The molecule has 1 saturated heterocycles. The van der Waals surface area contributed by atoms with E-state index >= 15 is 0 Å². The van der Waals surface area contributed by atoms with Crippen LogP contribution in [0.5, 0.6) is 0 Å². The van der Waals surface area contributed by atoms with E-state index in [2.05, 4.69) is 29.1 Å². The van der Waals surface area contributed by atoms with Crippen molar-refractivity contribution in [3.63, 3.8) is 0 Å². The van der Waals surface area contributed by atoms with E-state index in [4.69, 9.17) is 0 Å². The van der Waals surface area contributed by atoms with Gasteiger partial charge < -0.3 is 10.1 Å². The standard InChI is InChI=1S/C6H11N.C3H6O2/c1-2-3-6-4-7-5-6;1-2-5-3-4/h2-3,6-7H,4-5H2,1H3;3H,2H2,1H3/b3-2+;.